The molecule has 1 aliphatic rings. The van der Waals surface area contributed by atoms with Crippen molar-refractivity contribution in [1.82, 2.24) is 20.1 Å². The van der Waals surface area contributed by atoms with Crippen LogP contribution in [0.5, 0.6) is 5.75 Å². The van der Waals surface area contributed by atoms with Crippen LogP contribution >= 0.6 is 0 Å². The van der Waals surface area contributed by atoms with Gasteiger partial charge in [-0.1, -0.05) is 0 Å². The number of aromatic amines is 1. The second-order valence-electron chi connectivity index (χ2n) is 7.15. The lowest BCUT2D eigenvalue weighted by Crippen LogP contribution is -2.45. The molecular weight excluding hydrogens is 415 g/mol. The molecule has 0 amide bonds. The van der Waals surface area contributed by atoms with Crippen molar-refractivity contribution in [1.29, 1.82) is 0 Å². The molecule has 3 heterocycles. The van der Waals surface area contributed by atoms with E-state index in [4.69, 9.17) is 9.90 Å². The number of rotatable bonds is 3. The molecule has 1 aromatic carbocycles. The summed E-state index contributed by atoms with van der Waals surface area (Å²) in [6.45, 7) is 6.96. The molecule has 0 atom stereocenters. The lowest BCUT2D eigenvalue weighted by atomic mass is 10.2. The third-order valence-corrected chi connectivity index (χ3v) is 4.89. The zero-order valence-corrected chi connectivity index (χ0v) is 16.7. The molecule has 3 N–H and O–H groups in total. The van der Waals surface area contributed by atoms with Gasteiger partial charge in [-0.3, -0.25) is 10.00 Å². The second-order valence-corrected chi connectivity index (χ2v) is 7.15. The molecule has 0 unspecified atom stereocenters. The van der Waals surface area contributed by atoms with E-state index in [2.05, 4.69) is 31.0 Å². The van der Waals surface area contributed by atoms with Gasteiger partial charge in [0.15, 0.2) is 5.65 Å². The molecule has 11 heteroatoms. The summed E-state index contributed by atoms with van der Waals surface area (Å²) >= 11 is 0. The summed E-state index contributed by atoms with van der Waals surface area (Å²) in [6.07, 6.45) is -3.16. The van der Waals surface area contributed by atoms with E-state index in [1.54, 1.807) is 12.1 Å². The minimum atomic E-state index is -5.08. The van der Waals surface area contributed by atoms with E-state index < -0.39 is 12.1 Å². The Morgan fingerprint density at radius 1 is 1.16 bits per heavy atom. The number of benzene rings is 1. The number of anilines is 1. The average Bonchev–Trinajstić information content (AvgIpc) is 3.09. The Bertz CT molecular complexity index is 1030. The van der Waals surface area contributed by atoms with E-state index in [1.165, 1.54) is 11.3 Å². The number of aryl methyl sites for hydroxylation is 1. The van der Waals surface area contributed by atoms with Crippen molar-refractivity contribution >= 4 is 22.7 Å². The first-order valence-corrected chi connectivity index (χ1v) is 9.49. The standard InChI is InChI=1S/C18H21N5O.C2HF3O2/c1-13-17-10-14(11-19-18(17)21-20-13)12-22-6-8-23(9-7-22)15-2-4-16(24)5-3-15;3-2(4,5)1(6)7/h2-5,10-11,24H,6-9,12H2,1H3,(H,19,20,21);(H,6,7). The maximum atomic E-state index is 10.6. The van der Waals surface area contributed by atoms with Crippen LogP contribution in [-0.4, -0.2) is 68.6 Å². The van der Waals surface area contributed by atoms with Crippen LogP contribution in [0.3, 0.4) is 0 Å². The molecule has 0 radical (unpaired) electrons. The molecule has 0 aliphatic carbocycles. The Labute approximate surface area is 175 Å². The maximum absolute atomic E-state index is 10.6. The highest BCUT2D eigenvalue weighted by atomic mass is 19.4. The third kappa shape index (κ3) is 5.85. The summed E-state index contributed by atoms with van der Waals surface area (Å²) in [7, 11) is 0. The van der Waals surface area contributed by atoms with Gasteiger partial charge in [-0.15, -0.1) is 0 Å². The molecule has 1 saturated heterocycles. The molecule has 8 nitrogen and oxygen atoms in total. The Kier molecular flexibility index (Phi) is 6.64. The summed E-state index contributed by atoms with van der Waals surface area (Å²) in [6, 6.07) is 9.63. The van der Waals surface area contributed by atoms with Crippen LogP contribution in [0.1, 0.15) is 11.3 Å². The Morgan fingerprint density at radius 2 is 1.77 bits per heavy atom. The van der Waals surface area contributed by atoms with Crippen LogP contribution in [0.2, 0.25) is 0 Å². The predicted octanol–water partition coefficient (Wildman–Crippen LogP) is 2.93. The number of carboxylic acids is 1. The summed E-state index contributed by atoms with van der Waals surface area (Å²) in [5.41, 5.74) is 4.25. The Hall–Kier alpha value is -3.34. The van der Waals surface area contributed by atoms with Gasteiger partial charge < -0.3 is 15.1 Å². The number of fused-ring (bicyclic) bond motifs is 1. The minimum Gasteiger partial charge on any atom is -0.508 e. The first-order valence-electron chi connectivity index (χ1n) is 9.49. The number of carbonyl (C=O) groups is 1. The van der Waals surface area contributed by atoms with Crippen LogP contribution in [0.25, 0.3) is 11.0 Å². The fraction of sp³-hybridized carbons (Fsp3) is 0.350. The molecular formula is C20H22F3N5O3. The zero-order chi connectivity index (χ0) is 22.6. The quantitative estimate of drug-likeness (QED) is 0.579. The number of halogens is 3. The number of phenols is 1. The van der Waals surface area contributed by atoms with Crippen LogP contribution in [0.15, 0.2) is 36.5 Å². The van der Waals surface area contributed by atoms with E-state index in [-0.39, 0.29) is 0 Å². The fourth-order valence-electron chi connectivity index (χ4n) is 3.24. The highest BCUT2D eigenvalue weighted by Crippen LogP contribution is 2.21. The number of alkyl halides is 3. The molecule has 3 aromatic rings. The SMILES string of the molecule is Cc1[nH]nc2ncc(CN3CCN(c4ccc(O)cc4)CC3)cc12.O=C(O)C(F)(F)F. The lowest BCUT2D eigenvalue weighted by Gasteiger charge is -2.36. The minimum absolute atomic E-state index is 0.315. The molecule has 4 rings (SSSR count). The van der Waals surface area contributed by atoms with Crippen molar-refractivity contribution in [3.8, 4) is 5.75 Å². The van der Waals surface area contributed by atoms with Gasteiger partial charge in [-0.2, -0.15) is 18.3 Å². The third-order valence-electron chi connectivity index (χ3n) is 4.89. The number of piperazine rings is 1. The Balaban J connectivity index is 0.000000339. The van der Waals surface area contributed by atoms with Crippen molar-refractivity contribution in [2.24, 2.45) is 0 Å². The zero-order valence-electron chi connectivity index (χ0n) is 16.7. The Morgan fingerprint density at radius 3 is 2.35 bits per heavy atom. The van der Waals surface area contributed by atoms with Crippen molar-refractivity contribution in [3.63, 3.8) is 0 Å². The highest BCUT2D eigenvalue weighted by molar-refractivity contribution is 5.77. The van der Waals surface area contributed by atoms with Crippen LogP contribution < -0.4 is 4.90 Å². The van der Waals surface area contributed by atoms with Crippen LogP contribution in [0, 0.1) is 6.92 Å². The normalized spacial score (nSPS) is 14.9. The van der Waals surface area contributed by atoms with E-state index in [9.17, 15) is 18.3 Å². The van der Waals surface area contributed by atoms with E-state index in [0.29, 0.717) is 5.75 Å². The molecule has 31 heavy (non-hydrogen) atoms. The van der Waals surface area contributed by atoms with E-state index in [1.807, 2.05) is 25.3 Å². The van der Waals surface area contributed by atoms with Crippen molar-refractivity contribution < 1.29 is 28.2 Å². The smallest absolute Gasteiger partial charge is 0.490 e. The van der Waals surface area contributed by atoms with Gasteiger partial charge in [-0.25, -0.2) is 9.78 Å². The highest BCUT2D eigenvalue weighted by Gasteiger charge is 2.38. The van der Waals surface area contributed by atoms with Crippen LogP contribution in [-0.2, 0) is 11.3 Å². The van der Waals surface area contributed by atoms with Gasteiger partial charge in [0, 0.05) is 55.7 Å². The number of carboxylic acid groups (broad SMARTS) is 1. The first kappa shape index (κ1) is 22.3. The van der Waals surface area contributed by atoms with Crippen molar-refractivity contribution in [3.05, 3.63) is 47.8 Å². The second kappa shape index (κ2) is 9.21. The molecule has 166 valence electrons. The van der Waals surface area contributed by atoms with Crippen molar-refractivity contribution in [2.45, 2.75) is 19.6 Å². The molecule has 0 saturated carbocycles. The fourth-order valence-corrected chi connectivity index (χ4v) is 3.24. The van der Waals surface area contributed by atoms with Gasteiger partial charge in [0.25, 0.3) is 0 Å². The van der Waals surface area contributed by atoms with Gasteiger partial charge in [0.1, 0.15) is 5.75 Å². The van der Waals surface area contributed by atoms with Crippen LogP contribution in [0.4, 0.5) is 18.9 Å². The molecule has 1 fully saturated rings. The number of phenolic OH excluding ortho intramolecular Hbond substituents is 1. The summed E-state index contributed by atoms with van der Waals surface area (Å²) in [5, 5.41) is 24.8. The number of aliphatic carboxylic acids is 1. The summed E-state index contributed by atoms with van der Waals surface area (Å²) in [5.74, 6) is -2.44. The largest absolute Gasteiger partial charge is 0.508 e. The van der Waals surface area contributed by atoms with E-state index in [0.717, 1.165) is 49.5 Å². The predicted molar refractivity (Wildman–Crippen MR) is 108 cm³/mol. The van der Waals surface area contributed by atoms with Gasteiger partial charge in [-0.05, 0) is 42.8 Å². The molecule has 1 aliphatic heterocycles. The van der Waals surface area contributed by atoms with Gasteiger partial charge >= 0.3 is 12.1 Å². The maximum Gasteiger partial charge on any atom is 0.490 e. The monoisotopic (exact) mass is 437 g/mol. The molecule has 0 bridgehead atoms. The number of H-pyrrole nitrogens is 1. The number of nitrogens with zero attached hydrogens (tertiary/aromatic N) is 4. The number of aromatic nitrogens is 3. The average molecular weight is 437 g/mol. The number of pyridine rings is 1. The lowest BCUT2D eigenvalue weighted by molar-refractivity contribution is -0.192. The number of hydrogen-bond acceptors (Lipinski definition) is 6. The van der Waals surface area contributed by atoms with Gasteiger partial charge in [0.2, 0.25) is 0 Å². The summed E-state index contributed by atoms with van der Waals surface area (Å²) < 4.78 is 31.7. The molecule has 2 aromatic heterocycles. The molecule has 0 spiro atoms. The summed E-state index contributed by atoms with van der Waals surface area (Å²) in [4.78, 5) is 18.1. The van der Waals surface area contributed by atoms with Gasteiger partial charge in [0.05, 0.1) is 0 Å². The number of nitrogens with one attached hydrogen (secondary N) is 1. The first-order chi connectivity index (χ1) is 14.6. The van der Waals surface area contributed by atoms with E-state index >= 15 is 0 Å². The number of hydrogen-bond donors (Lipinski definition) is 3. The van der Waals surface area contributed by atoms with Crippen molar-refractivity contribution in [2.75, 3.05) is 31.1 Å². The topological polar surface area (TPSA) is 106 Å². The number of aromatic hydroxyl groups is 1.